The maximum absolute atomic E-state index is 13.1. The van der Waals surface area contributed by atoms with Crippen LogP contribution in [0.15, 0.2) is 79.1 Å². The van der Waals surface area contributed by atoms with E-state index in [1.54, 1.807) is 17.1 Å². The number of fused-ring (bicyclic) bond motifs is 2. The Labute approximate surface area is 259 Å². The SMILES string of the molecule is Cc1ccc(-n2nc(C(C)(C)C)cc2NC(=O)Nc2ccc(CC3CC4CCC(C3)N4CC(=O)c3ccncc3)cc2)cc1. The number of urea groups is 1. The van der Waals surface area contributed by atoms with Gasteiger partial charge in [-0.1, -0.05) is 50.6 Å². The Morgan fingerprint density at radius 3 is 2.18 bits per heavy atom. The van der Waals surface area contributed by atoms with Crippen molar-refractivity contribution < 1.29 is 9.59 Å². The lowest BCUT2D eigenvalue weighted by Gasteiger charge is -2.38. The minimum atomic E-state index is -0.309. The lowest BCUT2D eigenvalue weighted by atomic mass is 9.85. The number of rotatable bonds is 8. The number of carbonyl (C=O) groups is 2. The average molecular weight is 591 g/mol. The molecule has 2 atom stereocenters. The number of ketones is 1. The Hall–Kier alpha value is -4.30. The molecule has 0 spiro atoms. The quantitative estimate of drug-likeness (QED) is 0.212. The number of nitrogens with zero attached hydrogens (tertiary/aromatic N) is 4. The first-order valence-electron chi connectivity index (χ1n) is 15.7. The Morgan fingerprint density at radius 1 is 0.886 bits per heavy atom. The molecule has 2 aliphatic heterocycles. The molecule has 2 unspecified atom stereocenters. The summed E-state index contributed by atoms with van der Waals surface area (Å²) in [6.45, 7) is 8.88. The van der Waals surface area contributed by atoms with E-state index in [1.165, 1.54) is 24.0 Å². The largest absolute Gasteiger partial charge is 0.324 e. The fourth-order valence-corrected chi connectivity index (χ4v) is 6.66. The number of Topliss-reactive ketones (excluding diaryl/α,β-unsaturated/α-hetero) is 1. The summed E-state index contributed by atoms with van der Waals surface area (Å²) in [5, 5.41) is 10.8. The zero-order valence-electron chi connectivity index (χ0n) is 26.1. The number of aromatic nitrogens is 3. The summed E-state index contributed by atoms with van der Waals surface area (Å²) in [4.78, 5) is 32.4. The summed E-state index contributed by atoms with van der Waals surface area (Å²) in [6.07, 6.45) is 8.96. The first-order chi connectivity index (χ1) is 21.1. The summed E-state index contributed by atoms with van der Waals surface area (Å²) in [6, 6.07) is 22.5. The Balaban J connectivity index is 1.05. The van der Waals surface area contributed by atoms with Crippen LogP contribution in [0, 0.1) is 12.8 Å². The summed E-state index contributed by atoms with van der Waals surface area (Å²) >= 11 is 0. The van der Waals surface area contributed by atoms with Crippen LogP contribution < -0.4 is 10.6 Å². The molecule has 0 radical (unpaired) electrons. The number of hydrogen-bond donors (Lipinski definition) is 2. The number of amides is 2. The van der Waals surface area contributed by atoms with Gasteiger partial charge in [0.1, 0.15) is 5.82 Å². The second-order valence-corrected chi connectivity index (χ2v) is 13.4. The Kier molecular flexibility index (Phi) is 8.36. The summed E-state index contributed by atoms with van der Waals surface area (Å²) in [5.74, 6) is 1.40. The van der Waals surface area contributed by atoms with E-state index >= 15 is 0 Å². The van der Waals surface area contributed by atoms with Gasteiger partial charge in [-0.3, -0.25) is 20.0 Å². The van der Waals surface area contributed by atoms with Crippen molar-refractivity contribution in [2.75, 3.05) is 17.2 Å². The number of nitrogens with one attached hydrogen (secondary N) is 2. The molecule has 2 bridgehead atoms. The maximum Gasteiger partial charge on any atom is 0.324 e. The molecule has 2 amide bonds. The van der Waals surface area contributed by atoms with Crippen LogP contribution in [-0.4, -0.2) is 50.1 Å². The third kappa shape index (κ3) is 6.76. The van der Waals surface area contributed by atoms with Crippen LogP contribution in [0.5, 0.6) is 0 Å². The van der Waals surface area contributed by atoms with Crippen molar-refractivity contribution in [1.82, 2.24) is 19.7 Å². The third-order valence-electron chi connectivity index (χ3n) is 9.04. The van der Waals surface area contributed by atoms with E-state index < -0.39 is 0 Å². The highest BCUT2D eigenvalue weighted by Crippen LogP contribution is 2.40. The second kappa shape index (κ2) is 12.4. The molecule has 2 fully saturated rings. The molecule has 228 valence electrons. The van der Waals surface area contributed by atoms with Gasteiger partial charge in [-0.05, 0) is 86.9 Å². The van der Waals surface area contributed by atoms with Gasteiger partial charge in [-0.15, -0.1) is 0 Å². The molecule has 2 saturated heterocycles. The van der Waals surface area contributed by atoms with Crippen LogP contribution in [-0.2, 0) is 11.8 Å². The monoisotopic (exact) mass is 590 g/mol. The average Bonchev–Trinajstić information content (AvgIpc) is 3.52. The Morgan fingerprint density at radius 2 is 1.55 bits per heavy atom. The zero-order valence-corrected chi connectivity index (χ0v) is 26.1. The molecule has 8 heteroatoms. The maximum atomic E-state index is 13.1. The fourth-order valence-electron chi connectivity index (χ4n) is 6.66. The first-order valence-corrected chi connectivity index (χ1v) is 15.7. The van der Waals surface area contributed by atoms with Crippen LogP contribution in [0.1, 0.15) is 73.6 Å². The molecule has 44 heavy (non-hydrogen) atoms. The molecule has 4 aromatic rings. The van der Waals surface area contributed by atoms with E-state index in [2.05, 4.69) is 53.4 Å². The molecule has 2 N–H and O–H groups in total. The fraction of sp³-hybridized carbons (Fsp3) is 0.389. The van der Waals surface area contributed by atoms with E-state index in [9.17, 15) is 9.59 Å². The topological polar surface area (TPSA) is 92.2 Å². The van der Waals surface area contributed by atoms with Gasteiger partial charge < -0.3 is 5.32 Å². The molecule has 6 rings (SSSR count). The number of pyridine rings is 1. The molecule has 4 heterocycles. The lowest BCUT2D eigenvalue weighted by molar-refractivity contribution is 0.0744. The van der Waals surface area contributed by atoms with Gasteiger partial charge in [-0.25, -0.2) is 9.48 Å². The predicted octanol–water partition coefficient (Wildman–Crippen LogP) is 7.19. The number of aryl methyl sites for hydroxylation is 1. The molecule has 2 aromatic carbocycles. The number of piperidine rings is 1. The van der Waals surface area contributed by atoms with Crippen molar-refractivity contribution >= 4 is 23.3 Å². The highest BCUT2D eigenvalue weighted by Gasteiger charge is 2.41. The molecule has 8 nitrogen and oxygen atoms in total. The van der Waals surface area contributed by atoms with E-state index in [0.717, 1.165) is 41.9 Å². The summed E-state index contributed by atoms with van der Waals surface area (Å²) < 4.78 is 1.79. The van der Waals surface area contributed by atoms with Gasteiger partial charge in [0.05, 0.1) is 17.9 Å². The van der Waals surface area contributed by atoms with Crippen molar-refractivity contribution in [1.29, 1.82) is 0 Å². The molecule has 2 aromatic heterocycles. The van der Waals surface area contributed by atoms with Crippen LogP contribution in [0.25, 0.3) is 5.69 Å². The lowest BCUT2D eigenvalue weighted by Crippen LogP contribution is -2.45. The van der Waals surface area contributed by atoms with E-state index in [-0.39, 0.29) is 17.2 Å². The van der Waals surface area contributed by atoms with E-state index in [4.69, 9.17) is 5.10 Å². The van der Waals surface area contributed by atoms with Crippen LogP contribution in [0.4, 0.5) is 16.3 Å². The molecular formula is C36H42N6O2. The number of carbonyl (C=O) groups excluding carboxylic acids is 2. The molecule has 0 saturated carbocycles. The molecule has 2 aliphatic rings. The van der Waals surface area contributed by atoms with E-state index in [1.807, 2.05) is 61.5 Å². The van der Waals surface area contributed by atoms with Crippen LogP contribution in [0.2, 0.25) is 0 Å². The zero-order chi connectivity index (χ0) is 30.8. The number of anilines is 2. The number of hydrogen-bond acceptors (Lipinski definition) is 5. The summed E-state index contributed by atoms with van der Waals surface area (Å²) in [7, 11) is 0. The van der Waals surface area contributed by atoms with Crippen LogP contribution in [0.3, 0.4) is 0 Å². The van der Waals surface area contributed by atoms with Crippen LogP contribution >= 0.6 is 0 Å². The Bertz CT molecular complexity index is 1590. The minimum Gasteiger partial charge on any atom is -0.308 e. The number of benzene rings is 2. The standard InChI is InChI=1S/C36H42N6O2/c1-24-5-11-29(12-6-24)42-34(22-33(40-42)36(2,3)4)39-35(44)38-28-9-7-25(8-10-28)19-26-20-30-13-14-31(21-26)41(30)23-32(43)27-15-17-37-18-16-27/h5-12,15-18,22,26,30-31H,13-14,19-21,23H2,1-4H3,(H2,38,39,44). The van der Waals surface area contributed by atoms with E-state index in [0.29, 0.717) is 30.4 Å². The molecular weight excluding hydrogens is 548 g/mol. The van der Waals surface area contributed by atoms with Gasteiger partial charge in [0.25, 0.3) is 0 Å². The smallest absolute Gasteiger partial charge is 0.308 e. The highest BCUT2D eigenvalue weighted by atomic mass is 16.2. The van der Waals surface area contributed by atoms with Crippen molar-refractivity contribution in [3.8, 4) is 5.69 Å². The first kappa shape index (κ1) is 29.8. The van der Waals surface area contributed by atoms with Gasteiger partial charge in [-0.2, -0.15) is 5.10 Å². The van der Waals surface area contributed by atoms with Gasteiger partial charge in [0.2, 0.25) is 0 Å². The van der Waals surface area contributed by atoms with Crippen molar-refractivity contribution in [2.24, 2.45) is 5.92 Å². The molecule has 0 aliphatic carbocycles. The summed E-state index contributed by atoms with van der Waals surface area (Å²) in [5.41, 5.74) is 5.56. The van der Waals surface area contributed by atoms with Crippen molar-refractivity contribution in [2.45, 2.75) is 77.3 Å². The van der Waals surface area contributed by atoms with Crippen molar-refractivity contribution in [3.63, 3.8) is 0 Å². The minimum absolute atomic E-state index is 0.160. The van der Waals surface area contributed by atoms with Gasteiger partial charge in [0.15, 0.2) is 5.78 Å². The van der Waals surface area contributed by atoms with Gasteiger partial charge in [0, 0.05) is 47.2 Å². The highest BCUT2D eigenvalue weighted by molar-refractivity contribution is 5.99. The third-order valence-corrected chi connectivity index (χ3v) is 9.04. The van der Waals surface area contributed by atoms with Gasteiger partial charge >= 0.3 is 6.03 Å². The predicted molar refractivity (Wildman–Crippen MR) is 175 cm³/mol. The second-order valence-electron chi connectivity index (χ2n) is 13.4. The van der Waals surface area contributed by atoms with Crippen molar-refractivity contribution in [3.05, 3.63) is 102 Å². The normalized spacial score (nSPS) is 20.0.